The van der Waals surface area contributed by atoms with E-state index in [9.17, 15) is 14.7 Å². The van der Waals surface area contributed by atoms with Gasteiger partial charge in [-0.05, 0) is 54.8 Å². The molecule has 0 aromatic heterocycles. The van der Waals surface area contributed by atoms with Crippen molar-refractivity contribution in [3.63, 3.8) is 0 Å². The van der Waals surface area contributed by atoms with E-state index < -0.39 is 29.5 Å². The van der Waals surface area contributed by atoms with E-state index >= 15 is 0 Å². The Hall–Kier alpha value is -3.88. The van der Waals surface area contributed by atoms with Gasteiger partial charge in [0.1, 0.15) is 23.6 Å². The lowest BCUT2D eigenvalue weighted by molar-refractivity contribution is -0.147. The molecule has 1 amide bonds. The average molecular weight is 522 g/mol. The highest BCUT2D eigenvalue weighted by atomic mass is 16.5. The van der Waals surface area contributed by atoms with Gasteiger partial charge in [0.25, 0.3) is 0 Å². The molecule has 0 aliphatic heterocycles. The number of ether oxygens (including phenoxy) is 4. The molecule has 0 heterocycles. The molecule has 1 atom stereocenters. The Morgan fingerprint density at radius 2 is 1.32 bits per heavy atom. The number of hydrogen-bond acceptors (Lipinski definition) is 7. The fraction of sp³-hybridized carbons (Fsp3) is 0.333. The molecule has 1 unspecified atom stereocenters. The number of esters is 1. The molecule has 0 spiro atoms. The molecule has 3 aromatic carbocycles. The number of methoxy groups -OCH3 is 2. The van der Waals surface area contributed by atoms with Gasteiger partial charge in [0.15, 0.2) is 0 Å². The molecule has 3 rings (SSSR count). The van der Waals surface area contributed by atoms with Crippen LogP contribution in [-0.2, 0) is 24.7 Å². The molecule has 0 aliphatic rings. The van der Waals surface area contributed by atoms with E-state index in [2.05, 4.69) is 5.32 Å². The molecular formula is C30H35NO7. The van der Waals surface area contributed by atoms with Crippen molar-refractivity contribution in [2.75, 3.05) is 40.6 Å². The maximum atomic E-state index is 13.1. The molecule has 202 valence electrons. The molecule has 0 fully saturated rings. The highest BCUT2D eigenvalue weighted by Crippen LogP contribution is 2.42. The largest absolute Gasteiger partial charge is 0.497 e. The lowest BCUT2D eigenvalue weighted by Gasteiger charge is -2.39. The summed E-state index contributed by atoms with van der Waals surface area (Å²) in [5.41, 5.74) is -0.102. The number of carbonyl (C=O) groups is 2. The molecular weight excluding hydrogens is 486 g/mol. The highest BCUT2D eigenvalue weighted by Gasteiger charge is 2.42. The van der Waals surface area contributed by atoms with E-state index in [1.807, 2.05) is 78.9 Å². The van der Waals surface area contributed by atoms with Crippen LogP contribution in [0.25, 0.3) is 0 Å². The first-order valence-corrected chi connectivity index (χ1v) is 12.4. The predicted octanol–water partition coefficient (Wildman–Crippen LogP) is 3.69. The Morgan fingerprint density at radius 1 is 0.816 bits per heavy atom. The first-order chi connectivity index (χ1) is 18.3. The van der Waals surface area contributed by atoms with Crippen molar-refractivity contribution in [2.45, 2.75) is 19.4 Å². The molecule has 0 saturated heterocycles. The van der Waals surface area contributed by atoms with Gasteiger partial charge in [-0.25, -0.2) is 0 Å². The van der Waals surface area contributed by atoms with Crippen molar-refractivity contribution >= 4 is 11.9 Å². The SMILES string of the molecule is CCOC(=O)CNC(=O)C(C)(CO)COC(c1ccccc1)(c1ccc(OC)cc1)c1ccc(OC)cc1. The van der Waals surface area contributed by atoms with Gasteiger partial charge in [0.2, 0.25) is 5.91 Å². The fourth-order valence-corrected chi connectivity index (χ4v) is 4.10. The average Bonchev–Trinajstić information content (AvgIpc) is 2.97. The second-order valence-corrected chi connectivity index (χ2v) is 9.00. The smallest absolute Gasteiger partial charge is 0.325 e. The van der Waals surface area contributed by atoms with Crippen molar-refractivity contribution in [1.82, 2.24) is 5.32 Å². The van der Waals surface area contributed by atoms with E-state index in [4.69, 9.17) is 18.9 Å². The van der Waals surface area contributed by atoms with Crippen molar-refractivity contribution in [2.24, 2.45) is 5.41 Å². The number of hydrogen-bond donors (Lipinski definition) is 2. The van der Waals surface area contributed by atoms with Crippen molar-refractivity contribution in [3.8, 4) is 11.5 Å². The molecule has 0 bridgehead atoms. The molecule has 8 heteroatoms. The van der Waals surface area contributed by atoms with E-state index in [0.29, 0.717) is 11.5 Å². The minimum Gasteiger partial charge on any atom is -0.497 e. The third-order valence-corrected chi connectivity index (χ3v) is 6.38. The summed E-state index contributed by atoms with van der Waals surface area (Å²) in [6.07, 6.45) is 0. The molecule has 8 nitrogen and oxygen atoms in total. The quantitative estimate of drug-likeness (QED) is 0.261. The Morgan fingerprint density at radius 3 is 1.76 bits per heavy atom. The Labute approximate surface area is 223 Å². The van der Waals surface area contributed by atoms with Crippen LogP contribution in [0.4, 0.5) is 0 Å². The lowest BCUT2D eigenvalue weighted by atomic mass is 9.79. The van der Waals surface area contributed by atoms with Crippen LogP contribution in [0.15, 0.2) is 78.9 Å². The molecule has 2 N–H and O–H groups in total. The van der Waals surface area contributed by atoms with Crippen molar-refractivity contribution < 1.29 is 33.6 Å². The van der Waals surface area contributed by atoms with Gasteiger partial charge in [-0.15, -0.1) is 0 Å². The number of amides is 1. The van der Waals surface area contributed by atoms with Crippen LogP contribution < -0.4 is 14.8 Å². The Balaban J connectivity index is 2.08. The summed E-state index contributed by atoms with van der Waals surface area (Å²) >= 11 is 0. The maximum absolute atomic E-state index is 13.1. The van der Waals surface area contributed by atoms with Crippen LogP contribution >= 0.6 is 0 Å². The van der Waals surface area contributed by atoms with E-state index in [1.54, 1.807) is 28.1 Å². The number of nitrogens with one attached hydrogen (secondary N) is 1. The van der Waals surface area contributed by atoms with Gasteiger partial charge in [-0.3, -0.25) is 9.59 Å². The van der Waals surface area contributed by atoms with Crippen LogP contribution in [0.2, 0.25) is 0 Å². The monoisotopic (exact) mass is 521 g/mol. The summed E-state index contributed by atoms with van der Waals surface area (Å²) in [6, 6.07) is 24.7. The second-order valence-electron chi connectivity index (χ2n) is 9.00. The van der Waals surface area contributed by atoms with E-state index in [1.165, 1.54) is 0 Å². The lowest BCUT2D eigenvalue weighted by Crippen LogP contribution is -2.48. The number of aliphatic hydroxyl groups excluding tert-OH is 1. The molecule has 0 radical (unpaired) electrons. The van der Waals surface area contributed by atoms with Crippen LogP contribution in [0.1, 0.15) is 30.5 Å². The first kappa shape index (κ1) is 28.7. The maximum Gasteiger partial charge on any atom is 0.325 e. The van der Waals surface area contributed by atoms with Gasteiger partial charge in [-0.1, -0.05) is 54.6 Å². The topological polar surface area (TPSA) is 103 Å². The van der Waals surface area contributed by atoms with Crippen LogP contribution in [-0.4, -0.2) is 57.6 Å². The van der Waals surface area contributed by atoms with E-state index in [-0.39, 0.29) is 19.8 Å². The van der Waals surface area contributed by atoms with Crippen molar-refractivity contribution in [1.29, 1.82) is 0 Å². The first-order valence-electron chi connectivity index (χ1n) is 12.4. The van der Waals surface area contributed by atoms with Gasteiger partial charge < -0.3 is 29.4 Å². The number of benzene rings is 3. The van der Waals surface area contributed by atoms with Gasteiger partial charge >= 0.3 is 5.97 Å². The predicted molar refractivity (Wildman–Crippen MR) is 143 cm³/mol. The summed E-state index contributed by atoms with van der Waals surface area (Å²) < 4.78 is 22.4. The summed E-state index contributed by atoms with van der Waals surface area (Å²) in [4.78, 5) is 24.9. The van der Waals surface area contributed by atoms with Crippen LogP contribution in [0.3, 0.4) is 0 Å². The molecule has 38 heavy (non-hydrogen) atoms. The third kappa shape index (κ3) is 6.33. The van der Waals surface area contributed by atoms with Gasteiger partial charge in [-0.2, -0.15) is 0 Å². The zero-order valence-corrected chi connectivity index (χ0v) is 22.2. The Bertz CT molecular complexity index is 1130. The second kappa shape index (κ2) is 13.1. The number of aliphatic hydroxyl groups is 1. The van der Waals surface area contributed by atoms with Gasteiger partial charge in [0.05, 0.1) is 39.5 Å². The standard InChI is InChI=1S/C30H35NO7/c1-5-37-27(33)19-31-28(34)29(2,20-32)21-38-30(22-9-7-6-8-10-22,23-11-15-25(35-3)16-12-23)24-13-17-26(36-4)18-14-24/h6-18,32H,5,19-21H2,1-4H3,(H,31,34). The minimum atomic E-state index is -1.36. The molecule has 3 aromatic rings. The zero-order chi connectivity index (χ0) is 27.6. The number of rotatable bonds is 13. The van der Waals surface area contributed by atoms with Gasteiger partial charge in [0, 0.05) is 0 Å². The minimum absolute atomic E-state index is 0.162. The number of carbonyl (C=O) groups excluding carboxylic acids is 2. The third-order valence-electron chi connectivity index (χ3n) is 6.38. The van der Waals surface area contributed by atoms with Crippen LogP contribution in [0, 0.1) is 5.41 Å². The summed E-state index contributed by atoms with van der Waals surface area (Å²) in [5.74, 6) is 0.282. The summed E-state index contributed by atoms with van der Waals surface area (Å²) in [6.45, 7) is 2.52. The van der Waals surface area contributed by atoms with Crippen LogP contribution in [0.5, 0.6) is 11.5 Å². The van der Waals surface area contributed by atoms with Crippen molar-refractivity contribution in [3.05, 3.63) is 95.6 Å². The van der Waals surface area contributed by atoms with E-state index in [0.717, 1.165) is 16.7 Å². The zero-order valence-electron chi connectivity index (χ0n) is 22.2. The fourth-order valence-electron chi connectivity index (χ4n) is 4.10. The normalized spacial score (nSPS) is 12.8. The highest BCUT2D eigenvalue weighted by molar-refractivity contribution is 5.86. The Kier molecular flexibility index (Phi) is 9.87. The summed E-state index contributed by atoms with van der Waals surface area (Å²) in [5, 5.41) is 12.8. The molecule has 0 aliphatic carbocycles. The molecule has 0 saturated carbocycles. The summed E-state index contributed by atoms with van der Waals surface area (Å²) in [7, 11) is 3.20.